The number of rotatable bonds is 32. The average molecular weight is 676 g/mol. The van der Waals surface area contributed by atoms with Gasteiger partial charge in [-0.05, 0) is 44.9 Å². The zero-order chi connectivity index (χ0) is 34.3. The van der Waals surface area contributed by atoms with Gasteiger partial charge in [0.2, 0.25) is 0 Å². The van der Waals surface area contributed by atoms with E-state index < -0.39 is 51.1 Å². The van der Waals surface area contributed by atoms with Gasteiger partial charge in [0.1, 0.15) is 12.6 Å². The Hall–Kier alpha value is -2.04. The van der Waals surface area contributed by atoms with Gasteiger partial charge in [-0.15, -0.1) is 0 Å². The minimum atomic E-state index is -4.70. The van der Waals surface area contributed by atoms with Gasteiger partial charge in [0.05, 0.1) is 13.2 Å². The molecule has 0 aromatic carbocycles. The molecule has 0 spiro atoms. The van der Waals surface area contributed by atoms with E-state index in [2.05, 4.69) is 42.7 Å². The van der Waals surface area contributed by atoms with E-state index in [1.54, 1.807) is 0 Å². The summed E-state index contributed by atoms with van der Waals surface area (Å²) < 4.78 is 32.3. The van der Waals surface area contributed by atoms with Crippen LogP contribution in [0, 0.1) is 0 Å². The Kier molecular flexibility index (Phi) is 29.0. The number of carboxylic acids is 1. The first-order chi connectivity index (χ1) is 22.1. The van der Waals surface area contributed by atoms with Gasteiger partial charge in [-0.2, -0.15) is 0 Å². The van der Waals surface area contributed by atoms with Crippen molar-refractivity contribution in [2.45, 2.75) is 154 Å². The number of carbonyl (C=O) groups is 3. The number of ether oxygens (including phenoxy) is 2. The minimum Gasteiger partial charge on any atom is -0.480 e. The van der Waals surface area contributed by atoms with Gasteiger partial charge in [-0.25, -0.2) is 4.57 Å². The summed E-state index contributed by atoms with van der Waals surface area (Å²) in [6.45, 7) is 2.67. The van der Waals surface area contributed by atoms with Crippen LogP contribution in [-0.2, 0) is 37.5 Å². The van der Waals surface area contributed by atoms with Gasteiger partial charge in [-0.1, -0.05) is 109 Å². The molecule has 46 heavy (non-hydrogen) atoms. The molecule has 268 valence electrons. The maximum absolute atomic E-state index is 12.4. The lowest BCUT2D eigenvalue weighted by Crippen LogP contribution is -2.34. The van der Waals surface area contributed by atoms with Gasteiger partial charge in [0.25, 0.3) is 0 Å². The first kappa shape index (κ1) is 44.0. The Bertz CT molecular complexity index is 895. The first-order valence-electron chi connectivity index (χ1n) is 17.4. The molecule has 0 radical (unpaired) electrons. The number of phosphoric ester groups is 1. The van der Waals surface area contributed by atoms with Gasteiger partial charge in [0, 0.05) is 12.8 Å². The van der Waals surface area contributed by atoms with Crippen molar-refractivity contribution in [2.24, 2.45) is 5.73 Å². The quantitative estimate of drug-likeness (QED) is 0.0273. The molecule has 1 unspecified atom stereocenters. The molecular formula is C34H62NO10P. The molecule has 0 fully saturated rings. The SMILES string of the molecule is CCCCCCCC/C=C/C/C=C/CCCCC(=O)OC[C@@H](COP(=O)(O)OC[C@@H](N)C(=O)O)OC(=O)CCCCCCCCC. The van der Waals surface area contributed by atoms with Crippen LogP contribution in [0.25, 0.3) is 0 Å². The van der Waals surface area contributed by atoms with Crippen molar-refractivity contribution < 1.29 is 47.5 Å². The molecule has 0 aliphatic heterocycles. The molecule has 0 aromatic rings. The summed E-state index contributed by atoms with van der Waals surface area (Å²) >= 11 is 0. The van der Waals surface area contributed by atoms with Crippen LogP contribution in [0.4, 0.5) is 0 Å². The summed E-state index contributed by atoms with van der Waals surface area (Å²) in [5.41, 5.74) is 5.29. The Morgan fingerprint density at radius 1 is 0.674 bits per heavy atom. The van der Waals surface area contributed by atoms with Gasteiger partial charge in [0.15, 0.2) is 6.10 Å². The Balaban J connectivity index is 4.47. The molecule has 0 aliphatic rings. The lowest BCUT2D eigenvalue weighted by Gasteiger charge is -2.20. The number of carbonyl (C=O) groups excluding carboxylic acids is 2. The van der Waals surface area contributed by atoms with E-state index in [0.717, 1.165) is 51.4 Å². The molecule has 0 saturated heterocycles. The molecule has 3 atom stereocenters. The minimum absolute atomic E-state index is 0.154. The monoisotopic (exact) mass is 675 g/mol. The lowest BCUT2D eigenvalue weighted by molar-refractivity contribution is -0.161. The molecule has 11 nitrogen and oxygen atoms in total. The Morgan fingerprint density at radius 2 is 1.15 bits per heavy atom. The smallest absolute Gasteiger partial charge is 0.472 e. The number of esters is 2. The second-order valence-electron chi connectivity index (χ2n) is 11.7. The second kappa shape index (κ2) is 30.3. The van der Waals surface area contributed by atoms with E-state index in [9.17, 15) is 23.8 Å². The normalized spacial score (nSPS) is 14.3. The maximum Gasteiger partial charge on any atom is 0.472 e. The fraction of sp³-hybridized carbons (Fsp3) is 0.794. The van der Waals surface area contributed by atoms with Gasteiger partial charge < -0.3 is 25.2 Å². The number of carboxylic acid groups (broad SMARTS) is 1. The van der Waals surface area contributed by atoms with Gasteiger partial charge >= 0.3 is 25.7 Å². The number of allylic oxidation sites excluding steroid dienone is 4. The number of aliphatic carboxylic acids is 1. The van der Waals surface area contributed by atoms with Crippen molar-refractivity contribution in [1.29, 1.82) is 0 Å². The van der Waals surface area contributed by atoms with E-state index in [1.807, 2.05) is 0 Å². The van der Waals surface area contributed by atoms with E-state index in [0.29, 0.717) is 12.8 Å². The molecule has 4 N–H and O–H groups in total. The van der Waals surface area contributed by atoms with E-state index in [4.69, 9.17) is 24.8 Å². The zero-order valence-electron chi connectivity index (χ0n) is 28.4. The summed E-state index contributed by atoms with van der Waals surface area (Å²) in [6, 6.07) is -1.52. The van der Waals surface area contributed by atoms with Crippen molar-refractivity contribution in [1.82, 2.24) is 0 Å². The predicted octanol–water partition coefficient (Wildman–Crippen LogP) is 7.94. The topological polar surface area (TPSA) is 172 Å². The van der Waals surface area contributed by atoms with Crippen molar-refractivity contribution in [3.05, 3.63) is 24.3 Å². The number of unbranched alkanes of at least 4 members (excludes halogenated alkanes) is 14. The third-order valence-electron chi connectivity index (χ3n) is 7.20. The van der Waals surface area contributed by atoms with E-state index in [1.165, 1.54) is 51.4 Å². The molecule has 12 heteroatoms. The van der Waals surface area contributed by atoms with Crippen molar-refractivity contribution in [2.75, 3.05) is 19.8 Å². The van der Waals surface area contributed by atoms with Crippen LogP contribution < -0.4 is 5.73 Å². The van der Waals surface area contributed by atoms with Crippen LogP contribution in [0.5, 0.6) is 0 Å². The first-order valence-corrected chi connectivity index (χ1v) is 18.9. The molecule has 0 bridgehead atoms. The molecule has 0 aromatic heterocycles. The third kappa shape index (κ3) is 29.4. The van der Waals surface area contributed by atoms with Crippen molar-refractivity contribution in [3.63, 3.8) is 0 Å². The highest BCUT2D eigenvalue weighted by molar-refractivity contribution is 7.47. The lowest BCUT2D eigenvalue weighted by atomic mass is 10.1. The number of hydrogen-bond donors (Lipinski definition) is 3. The summed E-state index contributed by atoms with van der Waals surface area (Å²) in [6.07, 6.45) is 27.2. The Morgan fingerprint density at radius 3 is 1.74 bits per heavy atom. The van der Waals surface area contributed by atoms with E-state index in [-0.39, 0.29) is 19.4 Å². The molecule has 0 rings (SSSR count). The Labute approximate surface area is 277 Å². The van der Waals surface area contributed by atoms with Crippen LogP contribution >= 0.6 is 7.82 Å². The molecule has 0 saturated carbocycles. The number of hydrogen-bond acceptors (Lipinski definition) is 9. The summed E-state index contributed by atoms with van der Waals surface area (Å²) in [4.78, 5) is 45.4. The van der Waals surface area contributed by atoms with Crippen molar-refractivity contribution in [3.8, 4) is 0 Å². The fourth-order valence-corrected chi connectivity index (χ4v) is 5.16. The fourth-order valence-electron chi connectivity index (χ4n) is 4.39. The summed E-state index contributed by atoms with van der Waals surface area (Å²) in [5, 5.41) is 8.81. The van der Waals surface area contributed by atoms with Crippen LogP contribution in [0.2, 0.25) is 0 Å². The molecule has 0 aliphatic carbocycles. The third-order valence-corrected chi connectivity index (χ3v) is 8.15. The highest BCUT2D eigenvalue weighted by atomic mass is 31.2. The van der Waals surface area contributed by atoms with Gasteiger partial charge in [-0.3, -0.25) is 23.4 Å². The molecule has 0 heterocycles. The largest absolute Gasteiger partial charge is 0.480 e. The highest BCUT2D eigenvalue weighted by Crippen LogP contribution is 2.43. The second-order valence-corrected chi connectivity index (χ2v) is 13.1. The summed E-state index contributed by atoms with van der Waals surface area (Å²) in [7, 11) is -4.70. The van der Waals surface area contributed by atoms with Crippen molar-refractivity contribution >= 4 is 25.7 Å². The van der Waals surface area contributed by atoms with Crippen LogP contribution in [0.15, 0.2) is 24.3 Å². The number of nitrogens with two attached hydrogens (primary N) is 1. The summed E-state index contributed by atoms with van der Waals surface area (Å²) in [5.74, 6) is -2.43. The van der Waals surface area contributed by atoms with Crippen LogP contribution in [-0.4, -0.2) is 59.9 Å². The standard InChI is InChI=1S/C34H62NO10P/c1-3-5-7-9-11-12-13-14-15-16-17-18-20-21-23-25-32(36)42-27-30(28-43-46(40,41)44-29-31(35)34(38)39)45-33(37)26-24-22-19-10-8-6-4-2/h14-15,17-18,30-31H,3-13,16,19-29,35H2,1-2H3,(H,38,39)(H,40,41)/b15-14+,18-17+/t30-,31+/m0/s1. The van der Waals surface area contributed by atoms with Crippen LogP contribution in [0.3, 0.4) is 0 Å². The van der Waals surface area contributed by atoms with Crippen LogP contribution in [0.1, 0.15) is 142 Å². The molecule has 0 amide bonds. The highest BCUT2D eigenvalue weighted by Gasteiger charge is 2.28. The van der Waals surface area contributed by atoms with E-state index >= 15 is 0 Å². The molecular weight excluding hydrogens is 613 g/mol. The zero-order valence-corrected chi connectivity index (χ0v) is 29.3. The number of phosphoric acid groups is 1. The predicted molar refractivity (Wildman–Crippen MR) is 180 cm³/mol. The maximum atomic E-state index is 12.4. The average Bonchev–Trinajstić information content (AvgIpc) is 3.02.